The molecule has 0 amide bonds. The van der Waals surface area contributed by atoms with E-state index in [9.17, 15) is 18.0 Å². The third kappa shape index (κ3) is 1.39. The van der Waals surface area contributed by atoms with E-state index in [1.807, 2.05) is 0 Å². The summed E-state index contributed by atoms with van der Waals surface area (Å²) in [7, 11) is -4.44. The van der Waals surface area contributed by atoms with Crippen LogP contribution in [0.15, 0.2) is 0 Å². The standard InChI is InChI=1S/C6H8F2O4P/c1-4(10)12-6(2)5(11-3-9)13(6,7)8/h3,5H,1-2H3/q+1. The Balaban J connectivity index is 2.71. The number of ether oxygens (including phenoxy) is 2. The Morgan fingerprint density at radius 2 is 2.15 bits per heavy atom. The molecule has 7 heteroatoms. The van der Waals surface area contributed by atoms with Crippen molar-refractivity contribution in [1.82, 2.24) is 0 Å². The van der Waals surface area contributed by atoms with Gasteiger partial charge in [0.05, 0.1) is 0 Å². The molecule has 4 nitrogen and oxygen atoms in total. The molecule has 0 aliphatic carbocycles. The molecule has 2 unspecified atom stereocenters. The van der Waals surface area contributed by atoms with Gasteiger partial charge in [-0.1, -0.05) is 0 Å². The van der Waals surface area contributed by atoms with Crippen LogP contribution in [0, 0.1) is 0 Å². The summed E-state index contributed by atoms with van der Waals surface area (Å²) in [6.07, 6.45) is 0. The monoisotopic (exact) mass is 213 g/mol. The van der Waals surface area contributed by atoms with E-state index < -0.39 is 25.0 Å². The second-order valence-corrected chi connectivity index (χ2v) is 5.26. The summed E-state index contributed by atoms with van der Waals surface area (Å²) in [5.41, 5.74) is 0. The molecule has 0 spiro atoms. The zero-order valence-corrected chi connectivity index (χ0v) is 7.89. The second kappa shape index (κ2) is 2.87. The first-order valence-corrected chi connectivity index (χ1v) is 5.07. The van der Waals surface area contributed by atoms with Gasteiger partial charge in [-0.05, 0) is 8.39 Å². The molecule has 74 valence electrons. The highest BCUT2D eigenvalue weighted by Crippen LogP contribution is 2.93. The maximum absolute atomic E-state index is 12.9. The average molecular weight is 213 g/mol. The van der Waals surface area contributed by atoms with Crippen molar-refractivity contribution in [2.75, 3.05) is 0 Å². The van der Waals surface area contributed by atoms with Crippen molar-refractivity contribution in [3.63, 3.8) is 0 Å². The van der Waals surface area contributed by atoms with Gasteiger partial charge in [-0.3, -0.25) is 9.59 Å². The summed E-state index contributed by atoms with van der Waals surface area (Å²) in [6, 6.07) is 0. The van der Waals surface area contributed by atoms with E-state index in [4.69, 9.17) is 0 Å². The minimum absolute atomic E-state index is 0.0622. The van der Waals surface area contributed by atoms with E-state index in [0.29, 0.717) is 0 Å². The molecule has 0 N–H and O–H groups in total. The van der Waals surface area contributed by atoms with Gasteiger partial charge in [0.25, 0.3) is 6.47 Å². The van der Waals surface area contributed by atoms with Crippen LogP contribution < -0.4 is 0 Å². The quantitative estimate of drug-likeness (QED) is 0.405. The topological polar surface area (TPSA) is 52.6 Å². The molecule has 1 fully saturated rings. The SMILES string of the molecule is CC(=O)OC1(C)C(OC=O)[P+]1(F)F. The Hall–Kier alpha value is -0.770. The van der Waals surface area contributed by atoms with E-state index in [1.165, 1.54) is 0 Å². The first-order valence-electron chi connectivity index (χ1n) is 3.43. The van der Waals surface area contributed by atoms with Crippen LogP contribution in [0.25, 0.3) is 0 Å². The predicted molar refractivity (Wildman–Crippen MR) is 40.2 cm³/mol. The predicted octanol–water partition coefficient (Wildman–Crippen LogP) is 1.56. The van der Waals surface area contributed by atoms with Gasteiger partial charge in [-0.2, -0.15) is 0 Å². The van der Waals surface area contributed by atoms with Crippen molar-refractivity contribution < 1.29 is 27.5 Å². The normalized spacial score (nSPS) is 34.9. The molecule has 1 aliphatic heterocycles. The first-order chi connectivity index (χ1) is 5.86. The second-order valence-electron chi connectivity index (χ2n) is 2.79. The fraction of sp³-hybridized carbons (Fsp3) is 0.667. The molecule has 0 aromatic heterocycles. The summed E-state index contributed by atoms with van der Waals surface area (Å²) < 4.78 is 34.4. The zero-order valence-electron chi connectivity index (χ0n) is 6.99. The number of hydrogen-bond acceptors (Lipinski definition) is 4. The minimum atomic E-state index is -4.44. The van der Waals surface area contributed by atoms with Crippen LogP contribution in [0.5, 0.6) is 0 Å². The smallest absolute Gasteiger partial charge is 0.415 e. The third-order valence-corrected chi connectivity index (χ3v) is 4.25. The van der Waals surface area contributed by atoms with Crippen LogP contribution in [0.1, 0.15) is 13.8 Å². The van der Waals surface area contributed by atoms with Gasteiger partial charge >= 0.3 is 25.0 Å². The number of rotatable bonds is 3. The van der Waals surface area contributed by atoms with Crippen LogP contribution >= 0.6 is 7.88 Å². The Kier molecular flexibility index (Phi) is 2.28. The molecule has 1 heterocycles. The molecule has 13 heavy (non-hydrogen) atoms. The van der Waals surface area contributed by atoms with Crippen molar-refractivity contribution in [3.8, 4) is 0 Å². The largest absolute Gasteiger partial charge is 0.488 e. The van der Waals surface area contributed by atoms with Crippen molar-refractivity contribution >= 4 is 20.3 Å². The Bertz CT molecular complexity index is 257. The van der Waals surface area contributed by atoms with Gasteiger partial charge in [0.1, 0.15) is 0 Å². The highest BCUT2D eigenvalue weighted by atomic mass is 31.2. The number of esters is 1. The molecular weight excluding hydrogens is 205 g/mol. The summed E-state index contributed by atoms with van der Waals surface area (Å²) in [6.45, 7) is 2.03. The van der Waals surface area contributed by atoms with Gasteiger partial charge in [-0.25, -0.2) is 0 Å². The average Bonchev–Trinajstić information content (AvgIpc) is 2.33. The van der Waals surface area contributed by atoms with E-state index >= 15 is 0 Å². The third-order valence-electron chi connectivity index (χ3n) is 1.81. The Labute approximate surface area is 73.8 Å². The number of carbonyl (C=O) groups excluding carboxylic acids is 2. The summed E-state index contributed by atoms with van der Waals surface area (Å²) in [5.74, 6) is -2.36. The van der Waals surface area contributed by atoms with Crippen LogP contribution in [-0.2, 0) is 19.1 Å². The molecule has 2 atom stereocenters. The maximum atomic E-state index is 12.9. The molecular formula is C6H8F2O4P+. The highest BCUT2D eigenvalue weighted by molar-refractivity contribution is 7.75. The van der Waals surface area contributed by atoms with Gasteiger partial charge in [-0.15, -0.1) is 0 Å². The molecule has 0 bridgehead atoms. The van der Waals surface area contributed by atoms with Crippen molar-refractivity contribution in [2.24, 2.45) is 0 Å². The molecule has 0 saturated carbocycles. The maximum Gasteiger partial charge on any atom is 0.488 e. The van der Waals surface area contributed by atoms with Crippen LogP contribution in [0.4, 0.5) is 8.39 Å². The molecule has 0 aromatic carbocycles. The van der Waals surface area contributed by atoms with Gasteiger partial charge in [0, 0.05) is 13.8 Å². The van der Waals surface area contributed by atoms with Gasteiger partial charge < -0.3 is 9.47 Å². The molecule has 1 saturated heterocycles. The lowest BCUT2D eigenvalue weighted by Gasteiger charge is -2.00. The summed E-state index contributed by atoms with van der Waals surface area (Å²) in [5, 5.41) is -1.89. The van der Waals surface area contributed by atoms with E-state index in [-0.39, 0.29) is 6.47 Å². The molecule has 0 radical (unpaired) electrons. The molecule has 1 aliphatic rings. The van der Waals surface area contributed by atoms with E-state index in [2.05, 4.69) is 9.47 Å². The first kappa shape index (κ1) is 10.3. The minimum Gasteiger partial charge on any atom is -0.415 e. The fourth-order valence-corrected chi connectivity index (χ4v) is 2.74. The van der Waals surface area contributed by atoms with Gasteiger partial charge in [0.15, 0.2) is 0 Å². The lowest BCUT2D eigenvalue weighted by atomic mass is 10.4. The molecule has 0 aromatic rings. The summed E-state index contributed by atoms with van der Waals surface area (Å²) in [4.78, 5) is 20.3. The highest BCUT2D eigenvalue weighted by Gasteiger charge is 2.98. The van der Waals surface area contributed by atoms with Crippen molar-refractivity contribution in [2.45, 2.75) is 25.0 Å². The lowest BCUT2D eigenvalue weighted by molar-refractivity contribution is -0.151. The van der Waals surface area contributed by atoms with Crippen LogP contribution in [0.2, 0.25) is 0 Å². The summed E-state index contributed by atoms with van der Waals surface area (Å²) >= 11 is 0. The van der Waals surface area contributed by atoms with Crippen molar-refractivity contribution in [1.29, 1.82) is 0 Å². The van der Waals surface area contributed by atoms with E-state index in [1.54, 1.807) is 0 Å². The Morgan fingerprint density at radius 1 is 1.62 bits per heavy atom. The zero-order chi connectivity index (χ0) is 10.3. The fourth-order valence-electron chi connectivity index (χ4n) is 1.07. The number of hydrogen-bond donors (Lipinski definition) is 0. The van der Waals surface area contributed by atoms with Crippen LogP contribution in [-0.4, -0.2) is 23.6 Å². The van der Waals surface area contributed by atoms with Crippen molar-refractivity contribution in [3.05, 3.63) is 0 Å². The van der Waals surface area contributed by atoms with E-state index in [0.717, 1.165) is 13.8 Å². The van der Waals surface area contributed by atoms with Gasteiger partial charge in [0.2, 0.25) is 0 Å². The molecule has 1 rings (SSSR count). The van der Waals surface area contributed by atoms with Crippen LogP contribution in [0.3, 0.4) is 0 Å². The number of halogens is 2. The lowest BCUT2D eigenvalue weighted by Crippen LogP contribution is -2.19. The number of carbonyl (C=O) groups is 2. The Morgan fingerprint density at radius 3 is 2.54 bits per heavy atom.